The molecule has 9 heteroatoms. The van der Waals surface area contributed by atoms with Crippen LogP contribution >= 0.6 is 50.7 Å². The van der Waals surface area contributed by atoms with Gasteiger partial charge in [-0.1, -0.05) is 34.8 Å². The third kappa shape index (κ3) is 3.32. The number of aromatic nitrogens is 2. The molecular formula is C11H6BrCl3N4O. The first-order valence-electron chi connectivity index (χ1n) is 5.16. The molecule has 0 atom stereocenters. The van der Waals surface area contributed by atoms with Crippen LogP contribution < -0.4 is 11.0 Å². The van der Waals surface area contributed by atoms with Crippen molar-refractivity contribution in [1.82, 2.24) is 10.2 Å². The van der Waals surface area contributed by atoms with E-state index in [1.807, 2.05) is 0 Å². The summed E-state index contributed by atoms with van der Waals surface area (Å²) in [6.07, 6.45) is 2.81. The Balaban J connectivity index is 2.25. The van der Waals surface area contributed by atoms with Crippen LogP contribution in [0.15, 0.2) is 32.7 Å². The summed E-state index contributed by atoms with van der Waals surface area (Å²) in [5, 5.41) is 10.9. The zero-order valence-corrected chi connectivity index (χ0v) is 13.5. The van der Waals surface area contributed by atoms with Gasteiger partial charge in [0.05, 0.1) is 33.2 Å². The summed E-state index contributed by atoms with van der Waals surface area (Å²) in [5.74, 6) is 0. The Morgan fingerprint density at radius 2 is 2.00 bits per heavy atom. The van der Waals surface area contributed by atoms with Gasteiger partial charge in [-0.3, -0.25) is 10.2 Å². The molecule has 0 radical (unpaired) electrons. The van der Waals surface area contributed by atoms with Crippen molar-refractivity contribution >= 4 is 62.6 Å². The summed E-state index contributed by atoms with van der Waals surface area (Å²) in [5.41, 5.74) is 3.16. The van der Waals surface area contributed by atoms with Crippen molar-refractivity contribution in [2.75, 3.05) is 5.43 Å². The normalized spacial score (nSPS) is 11.0. The number of H-pyrrole nitrogens is 1. The highest BCUT2D eigenvalue weighted by molar-refractivity contribution is 9.10. The van der Waals surface area contributed by atoms with E-state index >= 15 is 0 Å². The average Bonchev–Trinajstić information content (AvgIpc) is 2.43. The maximum absolute atomic E-state index is 11.3. The molecule has 5 nitrogen and oxygen atoms in total. The van der Waals surface area contributed by atoms with E-state index < -0.39 is 0 Å². The minimum absolute atomic E-state index is 0.285. The Kier molecular flexibility index (Phi) is 5.04. The van der Waals surface area contributed by atoms with Crippen molar-refractivity contribution in [1.29, 1.82) is 0 Å². The molecule has 0 saturated carbocycles. The molecule has 0 saturated heterocycles. The van der Waals surface area contributed by atoms with Crippen LogP contribution in [-0.4, -0.2) is 16.4 Å². The lowest BCUT2D eigenvalue weighted by Gasteiger charge is -2.04. The number of rotatable bonds is 3. The molecule has 2 aromatic rings. The molecule has 0 aliphatic carbocycles. The molecule has 1 aromatic heterocycles. The smallest absolute Gasteiger partial charge is 0.275 e. The first-order valence-corrected chi connectivity index (χ1v) is 7.09. The van der Waals surface area contributed by atoms with Crippen LogP contribution in [0, 0.1) is 0 Å². The Bertz CT molecular complexity index is 732. The molecule has 104 valence electrons. The first-order chi connectivity index (χ1) is 9.50. The van der Waals surface area contributed by atoms with Crippen molar-refractivity contribution in [2.24, 2.45) is 5.10 Å². The fourth-order valence-electron chi connectivity index (χ4n) is 1.29. The van der Waals surface area contributed by atoms with E-state index in [1.165, 1.54) is 12.4 Å². The molecule has 0 aliphatic heterocycles. The highest BCUT2D eigenvalue weighted by Gasteiger charge is 2.08. The molecule has 0 aliphatic rings. The van der Waals surface area contributed by atoms with E-state index in [-0.39, 0.29) is 10.0 Å². The second-order valence-electron chi connectivity index (χ2n) is 3.55. The van der Waals surface area contributed by atoms with Gasteiger partial charge in [0.1, 0.15) is 4.47 Å². The van der Waals surface area contributed by atoms with Gasteiger partial charge in [0.2, 0.25) is 0 Å². The molecule has 0 unspecified atom stereocenters. The molecule has 2 N–H and O–H groups in total. The van der Waals surface area contributed by atoms with Gasteiger partial charge in [0.25, 0.3) is 5.56 Å². The van der Waals surface area contributed by atoms with Gasteiger partial charge in [0.15, 0.2) is 0 Å². The summed E-state index contributed by atoms with van der Waals surface area (Å²) >= 11 is 21.0. The van der Waals surface area contributed by atoms with E-state index in [0.29, 0.717) is 26.3 Å². The van der Waals surface area contributed by atoms with Gasteiger partial charge >= 0.3 is 0 Å². The number of benzene rings is 1. The summed E-state index contributed by atoms with van der Waals surface area (Å²) < 4.78 is 0.285. The Labute approximate surface area is 137 Å². The standard InChI is InChI=1S/C11H6BrCl3N4O/c12-9-8(4-17-19-11(9)20)18-16-3-5-6(13)1-2-7(14)10(5)15/h1-4H,(H2,18,19,20)/b16-3-. The second-order valence-corrected chi connectivity index (χ2v) is 5.54. The van der Waals surface area contributed by atoms with Gasteiger partial charge in [-0.2, -0.15) is 10.2 Å². The zero-order valence-electron chi connectivity index (χ0n) is 9.62. The third-order valence-electron chi connectivity index (χ3n) is 2.25. The number of aromatic amines is 1. The lowest BCUT2D eigenvalue weighted by Crippen LogP contribution is -2.10. The highest BCUT2D eigenvalue weighted by atomic mass is 79.9. The minimum atomic E-state index is -0.371. The fraction of sp³-hybridized carbons (Fsp3) is 0. The number of hydrazone groups is 1. The number of anilines is 1. The predicted octanol–water partition coefficient (Wildman–Crippen LogP) is 3.94. The Morgan fingerprint density at radius 3 is 2.75 bits per heavy atom. The fourth-order valence-corrected chi connectivity index (χ4v) is 2.20. The highest BCUT2D eigenvalue weighted by Crippen LogP contribution is 2.30. The lowest BCUT2D eigenvalue weighted by molar-refractivity contribution is 0.977. The van der Waals surface area contributed by atoms with Crippen LogP contribution in [0.4, 0.5) is 5.69 Å². The van der Waals surface area contributed by atoms with Gasteiger partial charge in [-0.05, 0) is 28.1 Å². The van der Waals surface area contributed by atoms with Crippen LogP contribution in [0.1, 0.15) is 5.56 Å². The van der Waals surface area contributed by atoms with Crippen LogP contribution in [0.2, 0.25) is 15.1 Å². The SMILES string of the molecule is O=c1[nH]ncc(N/N=C\c2c(Cl)ccc(Cl)c2Cl)c1Br. The topological polar surface area (TPSA) is 70.1 Å². The number of hydrogen-bond donors (Lipinski definition) is 2. The van der Waals surface area contributed by atoms with Gasteiger partial charge < -0.3 is 0 Å². The van der Waals surface area contributed by atoms with Crippen molar-refractivity contribution < 1.29 is 0 Å². The van der Waals surface area contributed by atoms with Crippen LogP contribution in [-0.2, 0) is 0 Å². The maximum Gasteiger partial charge on any atom is 0.280 e. The number of nitrogens with one attached hydrogen (secondary N) is 2. The van der Waals surface area contributed by atoms with E-state index in [0.717, 1.165) is 0 Å². The molecule has 0 amide bonds. The molecular weight excluding hydrogens is 390 g/mol. The molecule has 2 rings (SSSR count). The van der Waals surface area contributed by atoms with Crippen molar-refractivity contribution in [3.05, 3.63) is 53.8 Å². The number of hydrogen-bond acceptors (Lipinski definition) is 4. The van der Waals surface area contributed by atoms with Crippen LogP contribution in [0.5, 0.6) is 0 Å². The number of nitrogens with zero attached hydrogens (tertiary/aromatic N) is 2. The third-order valence-corrected chi connectivity index (χ3v) is 4.19. The van der Waals surface area contributed by atoms with Crippen molar-refractivity contribution in [3.8, 4) is 0 Å². The molecule has 0 bridgehead atoms. The van der Waals surface area contributed by atoms with Gasteiger partial charge in [-0.15, -0.1) is 0 Å². The van der Waals surface area contributed by atoms with E-state index in [9.17, 15) is 4.79 Å². The zero-order chi connectivity index (χ0) is 14.7. The second kappa shape index (κ2) is 6.58. The van der Waals surface area contributed by atoms with Gasteiger partial charge in [-0.25, -0.2) is 5.10 Å². The first kappa shape index (κ1) is 15.3. The van der Waals surface area contributed by atoms with Crippen LogP contribution in [0.25, 0.3) is 0 Å². The molecule has 0 fully saturated rings. The van der Waals surface area contributed by atoms with Crippen molar-refractivity contribution in [2.45, 2.75) is 0 Å². The summed E-state index contributed by atoms with van der Waals surface area (Å²) in [4.78, 5) is 11.3. The summed E-state index contributed by atoms with van der Waals surface area (Å²) in [7, 11) is 0. The van der Waals surface area contributed by atoms with E-state index in [4.69, 9.17) is 34.8 Å². The van der Waals surface area contributed by atoms with Crippen LogP contribution in [0.3, 0.4) is 0 Å². The summed E-state index contributed by atoms with van der Waals surface area (Å²) in [6.45, 7) is 0. The quantitative estimate of drug-likeness (QED) is 0.469. The number of halogens is 4. The van der Waals surface area contributed by atoms with E-state index in [2.05, 4.69) is 36.7 Å². The molecule has 1 aromatic carbocycles. The minimum Gasteiger partial charge on any atom is -0.275 e. The Morgan fingerprint density at radius 1 is 1.30 bits per heavy atom. The molecule has 20 heavy (non-hydrogen) atoms. The average molecular weight is 396 g/mol. The molecule has 0 spiro atoms. The van der Waals surface area contributed by atoms with Gasteiger partial charge in [0, 0.05) is 5.56 Å². The predicted molar refractivity (Wildman–Crippen MR) is 85.2 cm³/mol. The summed E-state index contributed by atoms with van der Waals surface area (Å²) in [6, 6.07) is 3.20. The monoisotopic (exact) mass is 394 g/mol. The molecule has 1 heterocycles. The lowest BCUT2D eigenvalue weighted by atomic mass is 10.2. The largest absolute Gasteiger partial charge is 0.280 e. The Hall–Kier alpha value is -1.08. The van der Waals surface area contributed by atoms with Crippen molar-refractivity contribution in [3.63, 3.8) is 0 Å². The maximum atomic E-state index is 11.3. The van der Waals surface area contributed by atoms with E-state index in [1.54, 1.807) is 12.1 Å².